The van der Waals surface area contributed by atoms with E-state index in [-0.39, 0.29) is 37.1 Å². The molecule has 0 bridgehead atoms. The van der Waals surface area contributed by atoms with Crippen molar-refractivity contribution < 1.29 is 18.8 Å². The summed E-state index contributed by atoms with van der Waals surface area (Å²) in [5.74, 6) is -1.06. The summed E-state index contributed by atoms with van der Waals surface area (Å²) in [5, 5.41) is 2.71. The monoisotopic (exact) mass is 326 g/mol. The Labute approximate surface area is 138 Å². The van der Waals surface area contributed by atoms with E-state index < -0.39 is 5.82 Å². The largest absolute Gasteiger partial charge is 0.322 e. The highest BCUT2D eigenvalue weighted by Gasteiger charge is 2.28. The molecule has 1 aliphatic rings. The molecule has 24 heavy (non-hydrogen) atoms. The summed E-state index contributed by atoms with van der Waals surface area (Å²) in [6.07, 6.45) is 0.537. The van der Waals surface area contributed by atoms with E-state index in [1.807, 2.05) is 0 Å². The first-order valence-corrected chi connectivity index (χ1v) is 7.52. The fourth-order valence-corrected chi connectivity index (χ4v) is 2.48. The lowest BCUT2D eigenvalue weighted by molar-refractivity contribution is -0.139. The van der Waals surface area contributed by atoms with E-state index >= 15 is 0 Å². The van der Waals surface area contributed by atoms with Gasteiger partial charge >= 0.3 is 0 Å². The Bertz CT molecular complexity index is 769. The smallest absolute Gasteiger partial charge is 0.255 e. The van der Waals surface area contributed by atoms with Crippen molar-refractivity contribution in [1.82, 2.24) is 4.90 Å². The molecule has 2 aromatic carbocycles. The van der Waals surface area contributed by atoms with Crippen LogP contribution in [0.2, 0.25) is 0 Å². The van der Waals surface area contributed by atoms with E-state index in [1.165, 1.54) is 29.2 Å². The minimum absolute atomic E-state index is 0.159. The molecule has 0 aromatic heterocycles. The van der Waals surface area contributed by atoms with Crippen LogP contribution in [-0.4, -0.2) is 22.6 Å². The Morgan fingerprint density at radius 2 is 1.54 bits per heavy atom. The van der Waals surface area contributed by atoms with Gasteiger partial charge in [-0.05, 0) is 42.0 Å². The molecule has 2 aromatic rings. The molecule has 1 heterocycles. The van der Waals surface area contributed by atoms with Gasteiger partial charge < -0.3 is 5.32 Å². The van der Waals surface area contributed by atoms with Crippen molar-refractivity contribution in [3.05, 3.63) is 65.5 Å². The van der Waals surface area contributed by atoms with E-state index in [1.54, 1.807) is 24.3 Å². The number of nitrogens with zero attached hydrogens (tertiary/aromatic N) is 1. The topological polar surface area (TPSA) is 66.5 Å². The molecule has 0 spiro atoms. The van der Waals surface area contributed by atoms with Crippen molar-refractivity contribution in [1.29, 1.82) is 0 Å². The van der Waals surface area contributed by atoms with Gasteiger partial charge in [-0.25, -0.2) is 4.39 Å². The van der Waals surface area contributed by atoms with Gasteiger partial charge in [-0.15, -0.1) is 0 Å². The predicted molar refractivity (Wildman–Crippen MR) is 85.6 cm³/mol. The van der Waals surface area contributed by atoms with Gasteiger partial charge in [0, 0.05) is 24.1 Å². The third-order valence-corrected chi connectivity index (χ3v) is 3.81. The summed E-state index contributed by atoms with van der Waals surface area (Å²) in [4.78, 5) is 36.5. The number of likely N-dealkylation sites (tertiary alicyclic amines) is 1. The summed E-state index contributed by atoms with van der Waals surface area (Å²) in [5.41, 5.74) is 1.74. The van der Waals surface area contributed by atoms with Crippen molar-refractivity contribution in [3.63, 3.8) is 0 Å². The number of halogens is 1. The molecule has 3 rings (SSSR count). The number of rotatable bonds is 4. The molecule has 0 saturated carbocycles. The molecule has 0 atom stereocenters. The molecule has 0 radical (unpaired) electrons. The molecule has 1 N–H and O–H groups in total. The van der Waals surface area contributed by atoms with Crippen LogP contribution in [0.3, 0.4) is 0 Å². The molecular weight excluding hydrogens is 311 g/mol. The van der Waals surface area contributed by atoms with Gasteiger partial charge in [0.2, 0.25) is 11.8 Å². The van der Waals surface area contributed by atoms with Crippen molar-refractivity contribution in [2.45, 2.75) is 19.4 Å². The highest BCUT2D eigenvalue weighted by molar-refractivity contribution is 6.04. The highest BCUT2D eigenvalue weighted by Crippen LogP contribution is 2.18. The maximum Gasteiger partial charge on any atom is 0.255 e. The average Bonchev–Trinajstić information content (AvgIpc) is 2.89. The third-order valence-electron chi connectivity index (χ3n) is 3.81. The summed E-state index contributed by atoms with van der Waals surface area (Å²) >= 11 is 0. The van der Waals surface area contributed by atoms with Crippen molar-refractivity contribution in [2.75, 3.05) is 5.32 Å². The molecule has 1 saturated heterocycles. The van der Waals surface area contributed by atoms with Crippen LogP contribution in [-0.2, 0) is 16.1 Å². The number of carbonyl (C=O) groups excluding carboxylic acids is 3. The van der Waals surface area contributed by atoms with Crippen molar-refractivity contribution in [2.24, 2.45) is 0 Å². The van der Waals surface area contributed by atoms with Gasteiger partial charge in [0.15, 0.2) is 0 Å². The zero-order valence-corrected chi connectivity index (χ0v) is 12.8. The van der Waals surface area contributed by atoms with Gasteiger partial charge in [0.25, 0.3) is 5.91 Å². The number of imide groups is 1. The Hall–Kier alpha value is -3.02. The fourth-order valence-electron chi connectivity index (χ4n) is 2.48. The SMILES string of the molecule is O=C(Nc1ccc(CN2C(=O)CCC2=O)cc1)c1ccc(F)cc1. The minimum Gasteiger partial charge on any atom is -0.322 e. The summed E-state index contributed by atoms with van der Waals surface area (Å²) in [6, 6.07) is 12.2. The molecule has 0 unspecified atom stereocenters. The number of hydrogen-bond donors (Lipinski definition) is 1. The van der Waals surface area contributed by atoms with Crippen LogP contribution in [0.4, 0.5) is 10.1 Å². The maximum absolute atomic E-state index is 12.9. The lowest BCUT2D eigenvalue weighted by Gasteiger charge is -2.14. The molecule has 1 fully saturated rings. The van der Waals surface area contributed by atoms with Crippen molar-refractivity contribution in [3.8, 4) is 0 Å². The normalized spacial score (nSPS) is 14.1. The van der Waals surface area contributed by atoms with Crippen LogP contribution in [0.5, 0.6) is 0 Å². The predicted octanol–water partition coefficient (Wildman–Crippen LogP) is 2.73. The quantitative estimate of drug-likeness (QED) is 0.879. The summed E-state index contributed by atoms with van der Waals surface area (Å²) < 4.78 is 12.9. The molecule has 6 heteroatoms. The zero-order chi connectivity index (χ0) is 17.1. The standard InChI is InChI=1S/C18H15FN2O3/c19-14-5-3-13(4-6-14)18(24)20-15-7-1-12(2-8-15)11-21-16(22)9-10-17(21)23/h1-8H,9-11H2,(H,20,24). The lowest BCUT2D eigenvalue weighted by atomic mass is 10.1. The second kappa shape index (κ2) is 6.62. The molecule has 3 amide bonds. The summed E-state index contributed by atoms with van der Waals surface area (Å²) in [6.45, 7) is 0.240. The van der Waals surface area contributed by atoms with Crippen LogP contribution in [0.15, 0.2) is 48.5 Å². The third kappa shape index (κ3) is 3.48. The van der Waals surface area contributed by atoms with E-state index in [2.05, 4.69) is 5.32 Å². The minimum atomic E-state index is -0.401. The summed E-state index contributed by atoms with van der Waals surface area (Å²) in [7, 11) is 0. The Morgan fingerprint density at radius 3 is 2.12 bits per heavy atom. The second-order valence-electron chi connectivity index (χ2n) is 5.53. The first-order valence-electron chi connectivity index (χ1n) is 7.52. The first kappa shape index (κ1) is 15.9. The molecule has 5 nitrogen and oxygen atoms in total. The number of anilines is 1. The fraction of sp³-hybridized carbons (Fsp3) is 0.167. The Kier molecular flexibility index (Phi) is 4.37. The molecule has 1 aliphatic heterocycles. The van der Waals surface area contributed by atoms with E-state index in [4.69, 9.17) is 0 Å². The number of hydrogen-bond acceptors (Lipinski definition) is 3. The van der Waals surface area contributed by atoms with E-state index in [9.17, 15) is 18.8 Å². The van der Waals surface area contributed by atoms with Crippen LogP contribution >= 0.6 is 0 Å². The van der Waals surface area contributed by atoms with Crippen LogP contribution in [0.25, 0.3) is 0 Å². The van der Waals surface area contributed by atoms with Crippen LogP contribution < -0.4 is 5.32 Å². The van der Waals surface area contributed by atoms with Gasteiger partial charge in [-0.2, -0.15) is 0 Å². The molecular formula is C18H15FN2O3. The van der Waals surface area contributed by atoms with Crippen molar-refractivity contribution >= 4 is 23.4 Å². The first-order chi connectivity index (χ1) is 11.5. The average molecular weight is 326 g/mol. The highest BCUT2D eigenvalue weighted by atomic mass is 19.1. The lowest BCUT2D eigenvalue weighted by Crippen LogP contribution is -2.28. The maximum atomic E-state index is 12.9. The van der Waals surface area contributed by atoms with E-state index in [0.29, 0.717) is 11.3 Å². The number of benzene rings is 2. The van der Waals surface area contributed by atoms with Crippen LogP contribution in [0, 0.1) is 5.82 Å². The Balaban J connectivity index is 1.64. The Morgan fingerprint density at radius 1 is 0.958 bits per heavy atom. The number of nitrogens with one attached hydrogen (secondary N) is 1. The van der Waals surface area contributed by atoms with E-state index in [0.717, 1.165) is 5.56 Å². The van der Waals surface area contributed by atoms with Gasteiger partial charge in [0.05, 0.1) is 6.54 Å². The number of carbonyl (C=O) groups is 3. The zero-order valence-electron chi connectivity index (χ0n) is 12.8. The van der Waals surface area contributed by atoms with Gasteiger partial charge in [0.1, 0.15) is 5.82 Å². The second-order valence-corrected chi connectivity index (χ2v) is 5.53. The molecule has 122 valence electrons. The van der Waals surface area contributed by atoms with Gasteiger partial charge in [-0.3, -0.25) is 19.3 Å². The van der Waals surface area contributed by atoms with Crippen LogP contribution in [0.1, 0.15) is 28.8 Å². The number of amides is 3. The van der Waals surface area contributed by atoms with Gasteiger partial charge in [-0.1, -0.05) is 12.1 Å². The molecule has 0 aliphatic carbocycles.